The summed E-state index contributed by atoms with van der Waals surface area (Å²) in [6.07, 6.45) is 2.09. The summed E-state index contributed by atoms with van der Waals surface area (Å²) < 4.78 is 6.24. The van der Waals surface area contributed by atoms with Crippen molar-refractivity contribution in [2.24, 2.45) is 0 Å². The average Bonchev–Trinajstić information content (AvgIpc) is 2.43. The molecule has 1 heterocycles. The van der Waals surface area contributed by atoms with Crippen LogP contribution in [0.4, 0.5) is 0 Å². The minimum Gasteiger partial charge on any atom is -0.391 e. The molecule has 0 N–H and O–H groups in total. The Bertz CT molecular complexity index is 238. The van der Waals surface area contributed by atoms with Gasteiger partial charge in [0, 0.05) is 19.5 Å². The zero-order valence-electron chi connectivity index (χ0n) is 11.8. The second-order valence-electron chi connectivity index (χ2n) is 6.26. The van der Waals surface area contributed by atoms with Gasteiger partial charge >= 0.3 is 0 Å². The lowest BCUT2D eigenvalue weighted by Gasteiger charge is -2.37. The van der Waals surface area contributed by atoms with E-state index in [2.05, 4.69) is 40.8 Å². The van der Waals surface area contributed by atoms with Crippen LogP contribution in [0.2, 0.25) is 18.1 Å². The maximum Gasteiger partial charge on any atom is 0.195 e. The van der Waals surface area contributed by atoms with Crippen LogP contribution >= 0.6 is 0 Å². The highest BCUT2D eigenvalue weighted by Crippen LogP contribution is 2.39. The summed E-state index contributed by atoms with van der Waals surface area (Å²) in [6, 6.07) is 0.509. The number of nitrogens with zero attached hydrogens (tertiary/aromatic N) is 1. The predicted molar refractivity (Wildman–Crippen MR) is 69.6 cm³/mol. The number of hydrogen-bond donors (Lipinski definition) is 0. The van der Waals surface area contributed by atoms with Crippen LogP contribution in [0.15, 0.2) is 0 Å². The summed E-state index contributed by atoms with van der Waals surface area (Å²) in [6.45, 7) is 13.5. The third kappa shape index (κ3) is 3.06. The summed E-state index contributed by atoms with van der Waals surface area (Å²) in [4.78, 5) is 5.74. The maximum absolute atomic E-state index is 6.24. The van der Waals surface area contributed by atoms with Gasteiger partial charge in [0.05, 0.1) is 0 Å². The molecule has 3 nitrogen and oxygen atoms in total. The van der Waals surface area contributed by atoms with Crippen molar-refractivity contribution in [3.8, 4) is 0 Å². The van der Waals surface area contributed by atoms with E-state index in [0.29, 0.717) is 6.04 Å². The molecule has 1 saturated heterocycles. The number of rotatable bonds is 3. The fourth-order valence-electron chi connectivity index (χ4n) is 1.68. The highest BCUT2D eigenvalue weighted by atomic mass is 28.4. The van der Waals surface area contributed by atoms with Crippen LogP contribution in [0.1, 0.15) is 40.5 Å². The third-order valence-electron chi connectivity index (χ3n) is 3.97. The second-order valence-corrected chi connectivity index (χ2v) is 11.0. The van der Waals surface area contributed by atoms with Gasteiger partial charge in [0.15, 0.2) is 14.6 Å². The van der Waals surface area contributed by atoms with Crippen molar-refractivity contribution in [3.05, 3.63) is 0 Å². The molecule has 1 aliphatic rings. The van der Waals surface area contributed by atoms with Crippen LogP contribution < -0.4 is 0 Å². The Morgan fingerprint density at radius 2 is 1.94 bits per heavy atom. The molecule has 16 heavy (non-hydrogen) atoms. The monoisotopic (exact) mass is 245 g/mol. The van der Waals surface area contributed by atoms with Gasteiger partial charge in [-0.25, -0.2) is 0 Å². The predicted octanol–water partition coefficient (Wildman–Crippen LogP) is 3.38. The van der Waals surface area contributed by atoms with Gasteiger partial charge in [0.2, 0.25) is 0 Å². The van der Waals surface area contributed by atoms with Crippen molar-refractivity contribution >= 4 is 8.32 Å². The fraction of sp³-hybridized carbons (Fsp3) is 1.00. The van der Waals surface area contributed by atoms with E-state index in [4.69, 9.17) is 9.26 Å². The summed E-state index contributed by atoms with van der Waals surface area (Å²) in [5.74, 6) is 0. The van der Waals surface area contributed by atoms with Crippen LogP contribution in [-0.2, 0) is 9.26 Å². The lowest BCUT2D eigenvalue weighted by Crippen LogP contribution is -2.44. The minimum atomic E-state index is -1.69. The van der Waals surface area contributed by atoms with Crippen LogP contribution in [0.5, 0.6) is 0 Å². The van der Waals surface area contributed by atoms with E-state index >= 15 is 0 Å². The summed E-state index contributed by atoms with van der Waals surface area (Å²) in [7, 11) is 0.310. The second kappa shape index (κ2) is 4.76. The number of hydroxylamine groups is 2. The maximum atomic E-state index is 6.24. The normalized spacial score (nSPS) is 28.7. The van der Waals surface area contributed by atoms with Crippen molar-refractivity contribution in [1.29, 1.82) is 0 Å². The van der Waals surface area contributed by atoms with E-state index in [0.717, 1.165) is 12.8 Å². The Labute approximate surface area is 101 Å². The van der Waals surface area contributed by atoms with Crippen LogP contribution in [-0.4, -0.2) is 32.8 Å². The van der Waals surface area contributed by atoms with Gasteiger partial charge in [0.1, 0.15) is 0 Å². The molecule has 0 saturated carbocycles. The van der Waals surface area contributed by atoms with Crippen molar-refractivity contribution in [2.45, 2.75) is 71.0 Å². The van der Waals surface area contributed by atoms with Gasteiger partial charge in [-0.2, -0.15) is 5.06 Å². The molecule has 2 atom stereocenters. The Morgan fingerprint density at radius 1 is 1.38 bits per heavy atom. The molecule has 0 aromatic carbocycles. The molecule has 0 amide bonds. The molecule has 96 valence electrons. The SMILES string of the molecule is CC[C@@H]1C[C@@H](O[Si](C)(C)C(C)(C)C)ON1C. The first kappa shape index (κ1) is 14.2. The Morgan fingerprint density at radius 3 is 2.31 bits per heavy atom. The van der Waals surface area contributed by atoms with E-state index in [1.165, 1.54) is 0 Å². The van der Waals surface area contributed by atoms with Gasteiger partial charge in [-0.15, -0.1) is 0 Å². The Kier molecular flexibility index (Phi) is 4.22. The molecule has 1 fully saturated rings. The zero-order valence-corrected chi connectivity index (χ0v) is 12.8. The van der Waals surface area contributed by atoms with E-state index in [-0.39, 0.29) is 11.3 Å². The smallest absolute Gasteiger partial charge is 0.195 e. The van der Waals surface area contributed by atoms with E-state index in [1.807, 2.05) is 12.1 Å². The van der Waals surface area contributed by atoms with E-state index in [9.17, 15) is 0 Å². The molecule has 0 aromatic heterocycles. The molecular weight excluding hydrogens is 218 g/mol. The summed E-state index contributed by atoms with van der Waals surface area (Å²) in [5, 5.41) is 2.21. The summed E-state index contributed by atoms with van der Waals surface area (Å²) in [5.41, 5.74) is 0. The van der Waals surface area contributed by atoms with Gasteiger partial charge in [-0.3, -0.25) is 4.84 Å². The molecule has 0 radical (unpaired) electrons. The topological polar surface area (TPSA) is 21.7 Å². The average molecular weight is 245 g/mol. The van der Waals surface area contributed by atoms with Crippen molar-refractivity contribution in [1.82, 2.24) is 5.06 Å². The molecule has 0 bridgehead atoms. The molecule has 1 rings (SSSR count). The number of hydrogen-bond acceptors (Lipinski definition) is 3. The zero-order chi connectivity index (χ0) is 12.6. The molecule has 0 unspecified atom stereocenters. The first-order valence-corrected chi connectivity index (χ1v) is 9.15. The third-order valence-corrected chi connectivity index (χ3v) is 8.43. The van der Waals surface area contributed by atoms with E-state index < -0.39 is 8.32 Å². The van der Waals surface area contributed by atoms with Crippen molar-refractivity contribution < 1.29 is 9.26 Å². The first-order valence-electron chi connectivity index (χ1n) is 6.25. The summed E-state index contributed by atoms with van der Waals surface area (Å²) >= 11 is 0. The highest BCUT2D eigenvalue weighted by Gasteiger charge is 2.42. The van der Waals surface area contributed by atoms with Gasteiger partial charge in [0.25, 0.3) is 0 Å². The molecule has 4 heteroatoms. The van der Waals surface area contributed by atoms with Crippen LogP contribution in [0.25, 0.3) is 0 Å². The van der Waals surface area contributed by atoms with Gasteiger partial charge in [-0.1, -0.05) is 27.7 Å². The largest absolute Gasteiger partial charge is 0.391 e. The van der Waals surface area contributed by atoms with Crippen LogP contribution in [0, 0.1) is 0 Å². The Balaban J connectivity index is 2.57. The molecule has 0 spiro atoms. The highest BCUT2D eigenvalue weighted by molar-refractivity contribution is 6.74. The Hall–Kier alpha value is 0.0969. The minimum absolute atomic E-state index is 0.0316. The lowest BCUT2D eigenvalue weighted by atomic mass is 10.2. The van der Waals surface area contributed by atoms with Crippen LogP contribution in [0.3, 0.4) is 0 Å². The molecule has 0 aliphatic carbocycles. The van der Waals surface area contributed by atoms with Gasteiger partial charge < -0.3 is 4.43 Å². The standard InChI is InChI=1S/C12H27NO2Si/c1-8-10-9-11(14-13(10)5)15-16(6,7)12(2,3)4/h10-11H,8-9H2,1-7H3/t10-,11-/m1/s1. The first-order chi connectivity index (χ1) is 7.17. The van der Waals surface area contributed by atoms with Crippen molar-refractivity contribution in [2.75, 3.05) is 7.05 Å². The van der Waals surface area contributed by atoms with E-state index in [1.54, 1.807) is 0 Å². The fourth-order valence-corrected chi connectivity index (χ4v) is 2.83. The van der Waals surface area contributed by atoms with Gasteiger partial charge in [-0.05, 0) is 24.6 Å². The van der Waals surface area contributed by atoms with Crippen molar-refractivity contribution in [3.63, 3.8) is 0 Å². The molecule has 0 aromatic rings. The lowest BCUT2D eigenvalue weighted by molar-refractivity contribution is -0.202. The quantitative estimate of drug-likeness (QED) is 0.712. The molecule has 1 aliphatic heterocycles. The molecular formula is C12H27NO2Si.